The van der Waals surface area contributed by atoms with Crippen molar-refractivity contribution in [1.82, 2.24) is 4.98 Å². The molecule has 0 bridgehead atoms. The molecule has 0 fully saturated rings. The van der Waals surface area contributed by atoms with Crippen LogP contribution in [0.4, 0.5) is 5.82 Å². The van der Waals surface area contributed by atoms with Crippen molar-refractivity contribution >= 4 is 11.8 Å². The fourth-order valence-electron chi connectivity index (χ4n) is 1.26. The minimum absolute atomic E-state index is 0.242. The van der Waals surface area contributed by atoms with Gasteiger partial charge in [-0.05, 0) is 32.4 Å². The Hall–Kier alpha value is -1.58. The van der Waals surface area contributed by atoms with E-state index in [0.29, 0.717) is 5.82 Å². The van der Waals surface area contributed by atoms with Gasteiger partial charge in [-0.25, -0.2) is 9.78 Å². The second-order valence-corrected chi connectivity index (χ2v) is 3.69. The minimum atomic E-state index is -0.918. The summed E-state index contributed by atoms with van der Waals surface area (Å²) in [5.41, 5.74) is 1.07. The molecule has 82 valence electrons. The van der Waals surface area contributed by atoms with Gasteiger partial charge in [0.15, 0.2) is 0 Å². The SMILES string of the molecule is CCc1cc(C(=O)O)cc(NC(C)C)n1. The Morgan fingerprint density at radius 1 is 1.53 bits per heavy atom. The highest BCUT2D eigenvalue weighted by molar-refractivity contribution is 5.88. The predicted octanol–water partition coefficient (Wildman–Crippen LogP) is 2.16. The van der Waals surface area contributed by atoms with Gasteiger partial charge in [0.25, 0.3) is 0 Å². The highest BCUT2D eigenvalue weighted by Crippen LogP contribution is 2.12. The van der Waals surface area contributed by atoms with E-state index in [1.807, 2.05) is 20.8 Å². The lowest BCUT2D eigenvalue weighted by Crippen LogP contribution is -2.13. The topological polar surface area (TPSA) is 62.2 Å². The molecule has 4 heteroatoms. The lowest BCUT2D eigenvalue weighted by atomic mass is 10.2. The van der Waals surface area contributed by atoms with Crippen LogP contribution in [0.1, 0.15) is 36.8 Å². The molecule has 0 aliphatic heterocycles. The summed E-state index contributed by atoms with van der Waals surface area (Å²) >= 11 is 0. The molecule has 0 atom stereocenters. The number of nitrogens with one attached hydrogen (secondary N) is 1. The number of aryl methyl sites for hydroxylation is 1. The molecule has 1 rings (SSSR count). The summed E-state index contributed by atoms with van der Waals surface area (Å²) in [7, 11) is 0. The third-order valence-electron chi connectivity index (χ3n) is 1.92. The van der Waals surface area contributed by atoms with Gasteiger partial charge in [0.2, 0.25) is 0 Å². The van der Waals surface area contributed by atoms with Crippen molar-refractivity contribution < 1.29 is 9.90 Å². The van der Waals surface area contributed by atoms with Crippen molar-refractivity contribution in [3.63, 3.8) is 0 Å². The number of hydrogen-bond donors (Lipinski definition) is 2. The molecular formula is C11H16N2O2. The van der Waals surface area contributed by atoms with E-state index >= 15 is 0 Å². The molecular weight excluding hydrogens is 192 g/mol. The summed E-state index contributed by atoms with van der Waals surface area (Å²) in [4.78, 5) is 15.2. The van der Waals surface area contributed by atoms with Crippen LogP contribution in [-0.2, 0) is 6.42 Å². The molecule has 4 nitrogen and oxygen atoms in total. The number of rotatable bonds is 4. The Morgan fingerprint density at radius 3 is 2.67 bits per heavy atom. The number of hydrogen-bond acceptors (Lipinski definition) is 3. The second-order valence-electron chi connectivity index (χ2n) is 3.69. The lowest BCUT2D eigenvalue weighted by molar-refractivity contribution is 0.0696. The van der Waals surface area contributed by atoms with Crippen molar-refractivity contribution in [3.05, 3.63) is 23.4 Å². The Kier molecular flexibility index (Phi) is 3.66. The quantitative estimate of drug-likeness (QED) is 0.796. The first kappa shape index (κ1) is 11.5. The van der Waals surface area contributed by atoms with Gasteiger partial charge in [0, 0.05) is 11.7 Å². The number of carbonyl (C=O) groups is 1. The zero-order valence-corrected chi connectivity index (χ0v) is 9.24. The molecule has 0 amide bonds. The first-order valence-corrected chi connectivity index (χ1v) is 5.03. The zero-order chi connectivity index (χ0) is 11.4. The number of carboxylic acid groups (broad SMARTS) is 1. The average Bonchev–Trinajstić information content (AvgIpc) is 2.16. The smallest absolute Gasteiger partial charge is 0.335 e. The van der Waals surface area contributed by atoms with Gasteiger partial charge in [0.1, 0.15) is 5.82 Å². The summed E-state index contributed by atoms with van der Waals surface area (Å²) in [6.45, 7) is 5.93. The summed E-state index contributed by atoms with van der Waals surface area (Å²) in [5.74, 6) is -0.291. The number of nitrogens with zero attached hydrogens (tertiary/aromatic N) is 1. The van der Waals surface area contributed by atoms with Crippen LogP contribution in [0.15, 0.2) is 12.1 Å². The highest BCUT2D eigenvalue weighted by atomic mass is 16.4. The van der Waals surface area contributed by atoms with Crippen LogP contribution < -0.4 is 5.32 Å². The maximum absolute atomic E-state index is 10.9. The van der Waals surface area contributed by atoms with E-state index in [9.17, 15) is 4.79 Å². The standard InChI is InChI=1S/C11H16N2O2/c1-4-9-5-8(11(14)15)6-10(13-9)12-7(2)3/h5-7H,4H2,1-3H3,(H,12,13)(H,14,15). The van der Waals surface area contributed by atoms with Gasteiger partial charge in [0.05, 0.1) is 5.56 Å². The number of aromatic carboxylic acids is 1. The number of aromatic nitrogens is 1. The van der Waals surface area contributed by atoms with Crippen LogP contribution in [0.25, 0.3) is 0 Å². The van der Waals surface area contributed by atoms with E-state index in [1.165, 1.54) is 0 Å². The van der Waals surface area contributed by atoms with Crippen molar-refractivity contribution in [3.8, 4) is 0 Å². The van der Waals surface area contributed by atoms with Gasteiger partial charge in [-0.3, -0.25) is 0 Å². The normalized spacial score (nSPS) is 10.4. The summed E-state index contributed by atoms with van der Waals surface area (Å²) in [6, 6.07) is 3.40. The van der Waals surface area contributed by atoms with Crippen molar-refractivity contribution in [2.45, 2.75) is 33.2 Å². The van der Waals surface area contributed by atoms with E-state index < -0.39 is 5.97 Å². The van der Waals surface area contributed by atoms with Crippen LogP contribution >= 0.6 is 0 Å². The van der Waals surface area contributed by atoms with Gasteiger partial charge in [-0.2, -0.15) is 0 Å². The lowest BCUT2D eigenvalue weighted by Gasteiger charge is -2.10. The molecule has 2 N–H and O–H groups in total. The van der Waals surface area contributed by atoms with Crippen molar-refractivity contribution in [2.24, 2.45) is 0 Å². The molecule has 0 spiro atoms. The second kappa shape index (κ2) is 4.77. The van der Waals surface area contributed by atoms with E-state index in [0.717, 1.165) is 12.1 Å². The van der Waals surface area contributed by atoms with E-state index in [-0.39, 0.29) is 11.6 Å². The molecule has 1 aromatic rings. The maximum Gasteiger partial charge on any atom is 0.335 e. The molecule has 0 radical (unpaired) electrons. The molecule has 1 aromatic heterocycles. The Balaban J connectivity index is 3.05. The highest BCUT2D eigenvalue weighted by Gasteiger charge is 2.08. The maximum atomic E-state index is 10.9. The van der Waals surface area contributed by atoms with Crippen LogP contribution in [0.2, 0.25) is 0 Å². The van der Waals surface area contributed by atoms with Gasteiger partial charge in [-0.1, -0.05) is 6.92 Å². The van der Waals surface area contributed by atoms with Gasteiger partial charge < -0.3 is 10.4 Å². The zero-order valence-electron chi connectivity index (χ0n) is 9.24. The predicted molar refractivity (Wildman–Crippen MR) is 59.3 cm³/mol. The van der Waals surface area contributed by atoms with E-state index in [1.54, 1.807) is 12.1 Å². The van der Waals surface area contributed by atoms with Gasteiger partial charge in [-0.15, -0.1) is 0 Å². The number of pyridine rings is 1. The van der Waals surface area contributed by atoms with Crippen LogP contribution in [0.5, 0.6) is 0 Å². The minimum Gasteiger partial charge on any atom is -0.478 e. The molecule has 1 heterocycles. The Bertz CT molecular complexity index is 362. The third-order valence-corrected chi connectivity index (χ3v) is 1.92. The van der Waals surface area contributed by atoms with Crippen molar-refractivity contribution in [1.29, 1.82) is 0 Å². The largest absolute Gasteiger partial charge is 0.478 e. The number of carboxylic acids is 1. The summed E-state index contributed by atoms with van der Waals surface area (Å²) in [5, 5.41) is 12.0. The molecule has 15 heavy (non-hydrogen) atoms. The first-order valence-electron chi connectivity index (χ1n) is 5.03. The molecule has 0 unspecified atom stereocenters. The van der Waals surface area contributed by atoms with Crippen LogP contribution in [-0.4, -0.2) is 22.1 Å². The van der Waals surface area contributed by atoms with E-state index in [4.69, 9.17) is 5.11 Å². The fourth-order valence-corrected chi connectivity index (χ4v) is 1.26. The third kappa shape index (κ3) is 3.23. The molecule has 0 saturated heterocycles. The molecule has 0 aromatic carbocycles. The molecule has 0 aliphatic rings. The molecule has 0 saturated carbocycles. The van der Waals surface area contributed by atoms with E-state index in [2.05, 4.69) is 10.3 Å². The monoisotopic (exact) mass is 208 g/mol. The Labute approximate surface area is 89.3 Å². The summed E-state index contributed by atoms with van der Waals surface area (Å²) in [6.07, 6.45) is 0.730. The van der Waals surface area contributed by atoms with Crippen LogP contribution in [0, 0.1) is 0 Å². The van der Waals surface area contributed by atoms with Crippen LogP contribution in [0.3, 0.4) is 0 Å². The number of anilines is 1. The van der Waals surface area contributed by atoms with Gasteiger partial charge >= 0.3 is 5.97 Å². The fraction of sp³-hybridized carbons (Fsp3) is 0.455. The van der Waals surface area contributed by atoms with Crippen molar-refractivity contribution in [2.75, 3.05) is 5.32 Å². The summed E-state index contributed by atoms with van der Waals surface area (Å²) < 4.78 is 0. The molecule has 0 aliphatic carbocycles. The Morgan fingerprint density at radius 2 is 2.20 bits per heavy atom. The average molecular weight is 208 g/mol. The first-order chi connectivity index (χ1) is 7.02.